The van der Waals surface area contributed by atoms with Crippen LogP contribution in [-0.4, -0.2) is 61.8 Å². The lowest BCUT2D eigenvalue weighted by Crippen LogP contribution is -2.56. The summed E-state index contributed by atoms with van der Waals surface area (Å²) in [5.74, 6) is 0.0715. The van der Waals surface area contributed by atoms with Crippen LogP contribution in [0.5, 0.6) is 0 Å². The number of carbonyl (C=O) groups is 1. The third kappa shape index (κ3) is 6.20. The van der Waals surface area contributed by atoms with Gasteiger partial charge in [-0.25, -0.2) is 0 Å². The Morgan fingerprint density at radius 3 is 2.82 bits per heavy atom. The fourth-order valence-corrected chi connectivity index (χ4v) is 3.28. The molecule has 1 amide bonds. The Morgan fingerprint density at radius 1 is 1.36 bits per heavy atom. The average molecular weight is 356 g/mol. The number of nitrogens with zero attached hydrogens (tertiary/aromatic N) is 1. The lowest BCUT2D eigenvalue weighted by Gasteiger charge is -2.35. The molecular weight excluding hydrogens is 325 g/mol. The predicted octanol–water partition coefficient (Wildman–Crippen LogP) is 1.59. The highest BCUT2D eigenvalue weighted by molar-refractivity contribution is 5.85. The molecule has 0 aromatic heterocycles. The summed E-state index contributed by atoms with van der Waals surface area (Å²) in [4.78, 5) is 14.7. The molecule has 3 atom stereocenters. The van der Waals surface area contributed by atoms with E-state index in [9.17, 15) is 4.79 Å². The van der Waals surface area contributed by atoms with Crippen LogP contribution < -0.4 is 10.6 Å². The SMILES string of the molecule is CCC1CCCCN1CCNC(=O)[C@H]1NCCO[C@@H]1C.Cl.Cl. The minimum Gasteiger partial charge on any atom is -0.375 e. The van der Waals surface area contributed by atoms with E-state index < -0.39 is 0 Å². The van der Waals surface area contributed by atoms with Gasteiger partial charge in [0, 0.05) is 25.7 Å². The molecule has 132 valence electrons. The second-order valence-corrected chi connectivity index (χ2v) is 5.89. The van der Waals surface area contributed by atoms with Crippen molar-refractivity contribution >= 4 is 30.7 Å². The minimum atomic E-state index is -0.202. The summed E-state index contributed by atoms with van der Waals surface area (Å²) in [5, 5.41) is 6.28. The molecule has 2 heterocycles. The van der Waals surface area contributed by atoms with Gasteiger partial charge in [0.1, 0.15) is 6.04 Å². The van der Waals surface area contributed by atoms with E-state index in [4.69, 9.17) is 4.74 Å². The Labute approximate surface area is 146 Å². The molecule has 2 saturated heterocycles. The molecule has 2 rings (SSSR count). The van der Waals surface area contributed by atoms with Crippen LogP contribution in [0.4, 0.5) is 0 Å². The van der Waals surface area contributed by atoms with Crippen LogP contribution in [-0.2, 0) is 9.53 Å². The van der Waals surface area contributed by atoms with Gasteiger partial charge >= 0.3 is 0 Å². The van der Waals surface area contributed by atoms with E-state index in [0.29, 0.717) is 12.6 Å². The highest BCUT2D eigenvalue weighted by Crippen LogP contribution is 2.18. The number of amides is 1. The third-order valence-electron chi connectivity index (χ3n) is 4.52. The summed E-state index contributed by atoms with van der Waals surface area (Å²) in [7, 11) is 0. The summed E-state index contributed by atoms with van der Waals surface area (Å²) in [6, 6.07) is 0.503. The maximum Gasteiger partial charge on any atom is 0.239 e. The lowest BCUT2D eigenvalue weighted by atomic mass is 10.0. The Morgan fingerprint density at radius 2 is 2.14 bits per heavy atom. The van der Waals surface area contributed by atoms with Crippen LogP contribution in [0, 0.1) is 0 Å². The number of likely N-dealkylation sites (tertiary alicyclic amines) is 1. The van der Waals surface area contributed by atoms with Crippen molar-refractivity contribution in [3.05, 3.63) is 0 Å². The lowest BCUT2D eigenvalue weighted by molar-refractivity contribution is -0.129. The standard InChI is InChI=1S/C15H29N3O2.2ClH/c1-3-13-6-4-5-9-18(13)10-7-17-15(19)14-12(2)20-11-8-16-14;;/h12-14,16H,3-11H2,1-2H3,(H,17,19);2*1H/t12-,13?,14+;;/m1../s1. The molecule has 0 aromatic carbocycles. The summed E-state index contributed by atoms with van der Waals surface area (Å²) in [6.07, 6.45) is 5.12. The predicted molar refractivity (Wildman–Crippen MR) is 94.2 cm³/mol. The molecule has 1 unspecified atom stereocenters. The number of rotatable bonds is 5. The zero-order valence-electron chi connectivity index (χ0n) is 13.7. The van der Waals surface area contributed by atoms with Gasteiger partial charge in [0.2, 0.25) is 5.91 Å². The zero-order chi connectivity index (χ0) is 14.4. The monoisotopic (exact) mass is 355 g/mol. The normalized spacial score (nSPS) is 29.1. The van der Waals surface area contributed by atoms with Gasteiger partial charge in [0.05, 0.1) is 12.7 Å². The molecule has 7 heteroatoms. The van der Waals surface area contributed by atoms with E-state index in [1.54, 1.807) is 0 Å². The van der Waals surface area contributed by atoms with Gasteiger partial charge in [-0.2, -0.15) is 0 Å². The summed E-state index contributed by atoms with van der Waals surface area (Å²) < 4.78 is 5.51. The Bertz CT molecular complexity index is 321. The van der Waals surface area contributed by atoms with Crippen molar-refractivity contribution in [2.75, 3.05) is 32.8 Å². The molecule has 0 radical (unpaired) electrons. The van der Waals surface area contributed by atoms with E-state index >= 15 is 0 Å². The van der Waals surface area contributed by atoms with Crippen LogP contribution in [0.3, 0.4) is 0 Å². The number of carbonyl (C=O) groups excluding carboxylic acids is 1. The van der Waals surface area contributed by atoms with Crippen LogP contribution in [0.25, 0.3) is 0 Å². The topological polar surface area (TPSA) is 53.6 Å². The Kier molecular flexibility index (Phi) is 11.4. The molecule has 2 fully saturated rings. The van der Waals surface area contributed by atoms with E-state index in [2.05, 4.69) is 22.5 Å². The summed E-state index contributed by atoms with van der Waals surface area (Å²) in [6.45, 7) is 8.53. The molecular formula is C15H31Cl2N3O2. The molecule has 22 heavy (non-hydrogen) atoms. The Balaban J connectivity index is 0.00000220. The van der Waals surface area contributed by atoms with Crippen LogP contribution in [0.1, 0.15) is 39.5 Å². The first-order valence-electron chi connectivity index (χ1n) is 8.09. The van der Waals surface area contributed by atoms with Gasteiger partial charge in [-0.3, -0.25) is 9.69 Å². The van der Waals surface area contributed by atoms with Crippen molar-refractivity contribution in [3.8, 4) is 0 Å². The van der Waals surface area contributed by atoms with Gasteiger partial charge in [0.25, 0.3) is 0 Å². The fraction of sp³-hybridized carbons (Fsp3) is 0.933. The number of hydrogen-bond donors (Lipinski definition) is 2. The van der Waals surface area contributed by atoms with E-state index in [-0.39, 0.29) is 42.9 Å². The summed E-state index contributed by atoms with van der Waals surface area (Å²) in [5.41, 5.74) is 0. The minimum absolute atomic E-state index is 0. The quantitative estimate of drug-likeness (QED) is 0.786. The maximum atomic E-state index is 12.1. The van der Waals surface area contributed by atoms with Crippen molar-refractivity contribution in [1.82, 2.24) is 15.5 Å². The second-order valence-electron chi connectivity index (χ2n) is 5.89. The van der Waals surface area contributed by atoms with Crippen LogP contribution in [0.2, 0.25) is 0 Å². The van der Waals surface area contributed by atoms with Crippen molar-refractivity contribution in [2.45, 2.75) is 57.7 Å². The Hall–Kier alpha value is -0.0700. The van der Waals surface area contributed by atoms with Crippen molar-refractivity contribution in [2.24, 2.45) is 0 Å². The number of hydrogen-bond acceptors (Lipinski definition) is 4. The molecule has 0 aromatic rings. The largest absolute Gasteiger partial charge is 0.375 e. The van der Waals surface area contributed by atoms with Crippen molar-refractivity contribution in [3.63, 3.8) is 0 Å². The summed E-state index contributed by atoms with van der Waals surface area (Å²) >= 11 is 0. The van der Waals surface area contributed by atoms with Gasteiger partial charge in [-0.1, -0.05) is 13.3 Å². The molecule has 0 spiro atoms. The third-order valence-corrected chi connectivity index (χ3v) is 4.52. The van der Waals surface area contributed by atoms with Gasteiger partial charge in [-0.05, 0) is 32.7 Å². The number of nitrogens with one attached hydrogen (secondary N) is 2. The number of morpholine rings is 1. The van der Waals surface area contributed by atoms with E-state index in [0.717, 1.165) is 19.6 Å². The number of halogens is 2. The number of ether oxygens (including phenoxy) is 1. The highest BCUT2D eigenvalue weighted by atomic mass is 35.5. The first kappa shape index (κ1) is 21.9. The highest BCUT2D eigenvalue weighted by Gasteiger charge is 2.28. The van der Waals surface area contributed by atoms with Gasteiger partial charge < -0.3 is 15.4 Å². The van der Waals surface area contributed by atoms with Crippen LogP contribution >= 0.6 is 24.8 Å². The average Bonchev–Trinajstić information content (AvgIpc) is 2.48. The molecule has 2 aliphatic heterocycles. The fourth-order valence-electron chi connectivity index (χ4n) is 3.28. The molecule has 0 bridgehead atoms. The van der Waals surface area contributed by atoms with Crippen LogP contribution in [0.15, 0.2) is 0 Å². The van der Waals surface area contributed by atoms with E-state index in [1.807, 2.05) is 6.92 Å². The van der Waals surface area contributed by atoms with Gasteiger partial charge in [-0.15, -0.1) is 24.8 Å². The second kappa shape index (κ2) is 11.5. The smallest absolute Gasteiger partial charge is 0.239 e. The number of piperidine rings is 1. The first-order valence-corrected chi connectivity index (χ1v) is 8.09. The van der Waals surface area contributed by atoms with Gasteiger partial charge in [0.15, 0.2) is 0 Å². The van der Waals surface area contributed by atoms with E-state index in [1.165, 1.54) is 32.2 Å². The van der Waals surface area contributed by atoms with Crippen molar-refractivity contribution in [1.29, 1.82) is 0 Å². The zero-order valence-corrected chi connectivity index (χ0v) is 15.3. The molecule has 2 aliphatic rings. The maximum absolute atomic E-state index is 12.1. The molecule has 0 aliphatic carbocycles. The first-order chi connectivity index (χ1) is 9.72. The molecule has 5 nitrogen and oxygen atoms in total. The molecule has 0 saturated carbocycles. The molecule has 2 N–H and O–H groups in total. The van der Waals surface area contributed by atoms with Crippen molar-refractivity contribution < 1.29 is 9.53 Å².